The third kappa shape index (κ3) is 24.6. The summed E-state index contributed by atoms with van der Waals surface area (Å²) in [5.41, 5.74) is 0. The first-order valence-corrected chi connectivity index (χ1v) is 25.7. The van der Waals surface area contributed by atoms with Gasteiger partial charge in [-0.3, -0.25) is 41.3 Å². The van der Waals surface area contributed by atoms with E-state index in [9.17, 15) is 90.8 Å². The monoisotopic (exact) mass is 958 g/mol. The number of phosphoric acid groups is 6. The second-order valence-electron chi connectivity index (χ2n) is 12.1. The highest BCUT2D eigenvalue weighted by atomic mass is 31.2. The largest absolute Gasteiger partial charge is 0.472 e. The number of phosphoric ester groups is 6. The van der Waals surface area contributed by atoms with Gasteiger partial charge >= 0.3 is 58.9 Å². The van der Waals surface area contributed by atoms with Gasteiger partial charge in [-0.2, -0.15) is 0 Å². The predicted octanol–water partition coefficient (Wildman–Crippen LogP) is 1.29. The molecule has 1 aliphatic carbocycles. The summed E-state index contributed by atoms with van der Waals surface area (Å²) in [6.07, 6.45) is -16.1. The molecule has 1 fully saturated rings. The minimum atomic E-state index is -6.17. The lowest BCUT2D eigenvalue weighted by Gasteiger charge is -2.48. The van der Waals surface area contributed by atoms with E-state index in [1.165, 1.54) is 0 Å². The predicted molar refractivity (Wildman–Crippen MR) is 184 cm³/mol. The van der Waals surface area contributed by atoms with Crippen molar-refractivity contribution in [3.8, 4) is 0 Å². The fraction of sp³-hybridized carbons (Fsp3) is 0.913. The SMILES string of the molecule is CCCCCCC(=O)OC[C@H](COP(=O)(O)OC1[C@H](OP(=O)(O)O)[C@H](OP(=O)(O)O)C(OP(=O)(O)O)[C@H](OP(=O)(O)O)[C@H]1OP(=O)(O)O)OC(=O)CCCCCC. The number of unbranched alkanes of at least 4 members (excludes halogenated alkanes) is 6. The zero-order valence-electron chi connectivity index (χ0n) is 30.1. The number of hydrogen-bond donors (Lipinski definition) is 11. The number of carbonyl (C=O) groups excluding carboxylic acids is 2. The molecule has 3 unspecified atom stereocenters. The van der Waals surface area contributed by atoms with Gasteiger partial charge in [0, 0.05) is 12.8 Å². The Bertz CT molecular complexity index is 1500. The summed E-state index contributed by atoms with van der Waals surface area (Å²) in [6.45, 7) is 1.78. The number of rotatable bonds is 28. The molecular weight excluding hydrogens is 910 g/mol. The highest BCUT2D eigenvalue weighted by Crippen LogP contribution is 2.58. The Morgan fingerprint density at radius 2 is 0.772 bits per heavy atom. The topological polar surface area (TPSA) is 442 Å². The molecule has 0 aliphatic heterocycles. The summed E-state index contributed by atoms with van der Waals surface area (Å²) < 4.78 is 115. The molecule has 34 heteroatoms. The van der Waals surface area contributed by atoms with E-state index in [0.717, 1.165) is 25.7 Å². The van der Waals surface area contributed by atoms with E-state index in [-0.39, 0.29) is 12.8 Å². The van der Waals surface area contributed by atoms with E-state index in [1.54, 1.807) is 0 Å². The smallest absolute Gasteiger partial charge is 0.462 e. The van der Waals surface area contributed by atoms with Gasteiger partial charge in [-0.1, -0.05) is 52.4 Å². The van der Waals surface area contributed by atoms with Crippen LogP contribution in [-0.4, -0.2) is 122 Å². The van der Waals surface area contributed by atoms with Crippen LogP contribution in [0.2, 0.25) is 0 Å². The standard InChI is InChI=1S/C23H48O28P6/c1-3-5-7-9-11-16(24)43-13-15(45-17(25)12-10-8-6-4-2)14-44-57(41,42)51-23-21(49-55(35,36)37)19(47-53(29,30)31)18(46-52(26,27)28)20(48-54(32,33)34)22(23)50-56(38,39)40/h15,18-23H,3-14H2,1-2H3,(H,41,42)(H2,26,27,28)(H2,29,30,31)(H2,32,33,34)(H2,35,36,37)(H2,38,39,40)/t15-,18?,19-,20+,21-,22-,23?/m1/s1. The van der Waals surface area contributed by atoms with Gasteiger partial charge in [0.25, 0.3) is 0 Å². The second kappa shape index (κ2) is 23.7. The molecular formula is C23H48O28P6. The first-order chi connectivity index (χ1) is 25.9. The number of esters is 2. The van der Waals surface area contributed by atoms with E-state index in [2.05, 4.69) is 22.6 Å². The average Bonchev–Trinajstić information content (AvgIpc) is 3.01. The molecule has 0 aromatic heterocycles. The van der Waals surface area contributed by atoms with E-state index in [4.69, 9.17) is 18.5 Å². The average molecular weight is 958 g/mol. The second-order valence-corrected chi connectivity index (χ2v) is 19.4. The molecule has 0 saturated heterocycles. The number of ether oxygens (including phenoxy) is 2. The van der Waals surface area contributed by atoms with Crippen LogP contribution in [0, 0.1) is 0 Å². The molecule has 11 N–H and O–H groups in total. The Morgan fingerprint density at radius 1 is 0.456 bits per heavy atom. The van der Waals surface area contributed by atoms with E-state index >= 15 is 0 Å². The Labute approximate surface area is 324 Å². The van der Waals surface area contributed by atoms with Crippen LogP contribution in [0.5, 0.6) is 0 Å². The highest BCUT2D eigenvalue weighted by Gasteiger charge is 2.63. The first-order valence-electron chi connectivity index (χ1n) is 16.6. The normalized spacial score (nSPS) is 24.1. The van der Waals surface area contributed by atoms with E-state index in [0.29, 0.717) is 25.7 Å². The van der Waals surface area contributed by atoms with Crippen LogP contribution in [-0.2, 0) is 78.1 Å². The molecule has 28 nitrogen and oxygen atoms in total. The van der Waals surface area contributed by atoms with Gasteiger partial charge in [-0.15, -0.1) is 0 Å². The molecule has 0 amide bonds. The number of carbonyl (C=O) groups is 2. The van der Waals surface area contributed by atoms with Gasteiger partial charge in [-0.25, -0.2) is 27.4 Å². The molecule has 338 valence electrons. The van der Waals surface area contributed by atoms with Crippen LogP contribution >= 0.6 is 46.9 Å². The van der Waals surface area contributed by atoms with Crippen molar-refractivity contribution >= 4 is 58.9 Å². The molecule has 0 aromatic carbocycles. The highest BCUT2D eigenvalue weighted by molar-refractivity contribution is 7.48. The van der Waals surface area contributed by atoms with Crippen LogP contribution in [0.3, 0.4) is 0 Å². The molecule has 0 aromatic rings. The lowest BCUT2D eigenvalue weighted by molar-refractivity contribution is -0.202. The maximum Gasteiger partial charge on any atom is 0.472 e. The van der Waals surface area contributed by atoms with E-state index in [1.807, 2.05) is 13.8 Å². The molecule has 0 bridgehead atoms. The van der Waals surface area contributed by atoms with Gasteiger partial charge in [0.2, 0.25) is 0 Å². The third-order valence-corrected chi connectivity index (χ3v) is 10.7. The maximum atomic E-state index is 13.4. The fourth-order valence-corrected chi connectivity index (χ4v) is 8.76. The Morgan fingerprint density at radius 3 is 1.09 bits per heavy atom. The minimum Gasteiger partial charge on any atom is -0.462 e. The van der Waals surface area contributed by atoms with Crippen LogP contribution < -0.4 is 0 Å². The molecule has 57 heavy (non-hydrogen) atoms. The van der Waals surface area contributed by atoms with Crippen LogP contribution in [0.25, 0.3) is 0 Å². The van der Waals surface area contributed by atoms with Crippen LogP contribution in [0.15, 0.2) is 0 Å². The molecule has 8 atom stereocenters. The van der Waals surface area contributed by atoms with Crippen molar-refractivity contribution < 1.29 is 132 Å². The third-order valence-electron chi connectivity index (χ3n) is 7.11. The van der Waals surface area contributed by atoms with Gasteiger partial charge in [-0.05, 0) is 12.8 Å². The van der Waals surface area contributed by atoms with E-state index < -0.39 is 115 Å². The van der Waals surface area contributed by atoms with Crippen LogP contribution in [0.4, 0.5) is 0 Å². The lowest BCUT2D eigenvalue weighted by Crippen LogP contribution is -2.66. The Hall–Kier alpha value is -0.400. The fourth-order valence-electron chi connectivity index (χ4n) is 5.01. The maximum absolute atomic E-state index is 13.4. The molecule has 1 rings (SSSR count). The molecule has 1 aliphatic rings. The minimum absolute atomic E-state index is 0.0772. The molecule has 0 spiro atoms. The zero-order valence-corrected chi connectivity index (χ0v) is 35.4. The molecule has 1 saturated carbocycles. The first kappa shape index (κ1) is 54.6. The van der Waals surface area contributed by atoms with Crippen LogP contribution in [0.1, 0.15) is 78.1 Å². The van der Waals surface area contributed by atoms with Crippen molar-refractivity contribution in [2.45, 2.75) is 121 Å². The summed E-state index contributed by atoms with van der Waals surface area (Å²) >= 11 is 0. The zero-order chi connectivity index (χ0) is 44.0. The van der Waals surface area contributed by atoms with Crippen molar-refractivity contribution in [2.24, 2.45) is 0 Å². The molecule has 0 heterocycles. The van der Waals surface area contributed by atoms with Crippen molar-refractivity contribution in [3.63, 3.8) is 0 Å². The summed E-state index contributed by atoms with van der Waals surface area (Å²) in [5.74, 6) is -1.69. The van der Waals surface area contributed by atoms with Gasteiger partial charge < -0.3 is 63.3 Å². The Kier molecular flexibility index (Phi) is 22.7. The molecule has 0 radical (unpaired) electrons. The van der Waals surface area contributed by atoms with Crippen molar-refractivity contribution in [2.75, 3.05) is 13.2 Å². The summed E-state index contributed by atoms with van der Waals surface area (Å²) in [7, 11) is -36.9. The Balaban J connectivity index is 3.74. The number of hydrogen-bond acceptors (Lipinski definition) is 17. The summed E-state index contributed by atoms with van der Waals surface area (Å²) in [4.78, 5) is 131. The van der Waals surface area contributed by atoms with Crippen molar-refractivity contribution in [1.29, 1.82) is 0 Å². The van der Waals surface area contributed by atoms with Gasteiger partial charge in [0.15, 0.2) is 6.10 Å². The van der Waals surface area contributed by atoms with Gasteiger partial charge in [0.05, 0.1) is 6.61 Å². The van der Waals surface area contributed by atoms with Gasteiger partial charge in [0.1, 0.15) is 43.2 Å². The quantitative estimate of drug-likeness (QED) is 0.0299. The summed E-state index contributed by atoms with van der Waals surface area (Å²) in [6, 6.07) is 0. The summed E-state index contributed by atoms with van der Waals surface area (Å²) in [5, 5.41) is 0. The lowest BCUT2D eigenvalue weighted by atomic mass is 9.85. The van der Waals surface area contributed by atoms with Crippen molar-refractivity contribution in [1.82, 2.24) is 0 Å². The van der Waals surface area contributed by atoms with Crippen molar-refractivity contribution in [3.05, 3.63) is 0 Å².